The Morgan fingerprint density at radius 2 is 1.93 bits per heavy atom. The topological polar surface area (TPSA) is 82.8 Å². The highest BCUT2D eigenvalue weighted by molar-refractivity contribution is 5.63. The molecule has 148 valence electrons. The fraction of sp³-hybridized carbons (Fsp3) is 0.500. The van der Waals surface area contributed by atoms with E-state index in [0.717, 1.165) is 36.9 Å². The van der Waals surface area contributed by atoms with Gasteiger partial charge in [0.25, 0.3) is 5.89 Å². The van der Waals surface area contributed by atoms with Crippen molar-refractivity contribution in [2.75, 3.05) is 6.54 Å². The van der Waals surface area contributed by atoms with Crippen LogP contribution in [0, 0.1) is 19.3 Å². The molecule has 0 aliphatic heterocycles. The summed E-state index contributed by atoms with van der Waals surface area (Å²) in [5.41, 5.74) is 14.1. The average molecular weight is 380 g/mol. The SMILES string of the molecule is Cc1cc(-c2noc(-c3nn(C)c4c3CCC(C)(C)C4)n2)cc(C)c1CCN. The maximum absolute atomic E-state index is 5.74. The molecule has 1 aromatic carbocycles. The van der Waals surface area contributed by atoms with Crippen LogP contribution in [-0.2, 0) is 26.3 Å². The third-order valence-electron chi connectivity index (χ3n) is 5.95. The second-order valence-corrected chi connectivity index (χ2v) is 8.79. The lowest BCUT2D eigenvalue weighted by Gasteiger charge is -2.29. The Hall–Kier alpha value is -2.47. The van der Waals surface area contributed by atoms with Crippen molar-refractivity contribution >= 4 is 0 Å². The quantitative estimate of drug-likeness (QED) is 0.746. The van der Waals surface area contributed by atoms with E-state index in [4.69, 9.17) is 15.4 Å². The number of aromatic nitrogens is 4. The van der Waals surface area contributed by atoms with E-state index in [1.54, 1.807) is 0 Å². The van der Waals surface area contributed by atoms with E-state index in [1.807, 2.05) is 11.7 Å². The van der Waals surface area contributed by atoms with E-state index in [0.29, 0.717) is 23.7 Å². The lowest BCUT2D eigenvalue weighted by atomic mass is 9.76. The predicted octanol–water partition coefficient (Wildman–Crippen LogP) is 3.77. The van der Waals surface area contributed by atoms with E-state index < -0.39 is 0 Å². The van der Waals surface area contributed by atoms with Gasteiger partial charge < -0.3 is 10.3 Å². The van der Waals surface area contributed by atoms with Gasteiger partial charge in [-0.3, -0.25) is 4.68 Å². The maximum Gasteiger partial charge on any atom is 0.279 e. The molecule has 1 aliphatic carbocycles. The molecule has 0 unspecified atom stereocenters. The zero-order chi connectivity index (χ0) is 20.1. The lowest BCUT2D eigenvalue weighted by molar-refractivity contribution is 0.306. The molecule has 2 N–H and O–H groups in total. The fourth-order valence-electron chi connectivity index (χ4n) is 4.36. The minimum atomic E-state index is 0.304. The van der Waals surface area contributed by atoms with Crippen LogP contribution in [0.1, 0.15) is 48.2 Å². The fourth-order valence-corrected chi connectivity index (χ4v) is 4.36. The molecule has 2 heterocycles. The van der Waals surface area contributed by atoms with Crippen LogP contribution in [0.3, 0.4) is 0 Å². The smallest absolute Gasteiger partial charge is 0.279 e. The number of hydrogen-bond donors (Lipinski definition) is 1. The van der Waals surface area contributed by atoms with E-state index in [-0.39, 0.29) is 0 Å². The van der Waals surface area contributed by atoms with Gasteiger partial charge in [-0.15, -0.1) is 0 Å². The molecule has 28 heavy (non-hydrogen) atoms. The third kappa shape index (κ3) is 3.26. The Morgan fingerprint density at radius 3 is 2.61 bits per heavy atom. The van der Waals surface area contributed by atoms with Gasteiger partial charge in [0.05, 0.1) is 0 Å². The summed E-state index contributed by atoms with van der Waals surface area (Å²) in [6.07, 6.45) is 4.04. The maximum atomic E-state index is 5.74. The average Bonchev–Trinajstić information content (AvgIpc) is 3.22. The number of nitrogens with two attached hydrogens (primary N) is 1. The monoisotopic (exact) mass is 379 g/mol. The van der Waals surface area contributed by atoms with Gasteiger partial charge in [-0.2, -0.15) is 10.1 Å². The largest absolute Gasteiger partial charge is 0.332 e. The van der Waals surface area contributed by atoms with E-state index >= 15 is 0 Å². The van der Waals surface area contributed by atoms with Crippen LogP contribution in [0.2, 0.25) is 0 Å². The molecule has 2 aromatic heterocycles. The van der Waals surface area contributed by atoms with Crippen molar-refractivity contribution in [2.45, 2.75) is 53.4 Å². The van der Waals surface area contributed by atoms with Crippen LogP contribution in [0.15, 0.2) is 16.7 Å². The summed E-state index contributed by atoms with van der Waals surface area (Å²) in [5.74, 6) is 1.11. The minimum absolute atomic E-state index is 0.304. The molecular formula is C22H29N5O. The van der Waals surface area contributed by atoms with E-state index in [1.165, 1.54) is 27.9 Å². The summed E-state index contributed by atoms with van der Waals surface area (Å²) in [4.78, 5) is 4.69. The summed E-state index contributed by atoms with van der Waals surface area (Å²) in [6.45, 7) is 9.49. The Balaban J connectivity index is 1.70. The molecule has 0 bridgehead atoms. The molecule has 6 nitrogen and oxygen atoms in total. The first kappa shape index (κ1) is 18.9. The van der Waals surface area contributed by atoms with Gasteiger partial charge in [-0.05, 0) is 80.3 Å². The summed E-state index contributed by atoms with van der Waals surface area (Å²) >= 11 is 0. The van der Waals surface area contributed by atoms with Gasteiger partial charge in [0, 0.05) is 23.9 Å². The van der Waals surface area contributed by atoms with Gasteiger partial charge in [-0.25, -0.2) is 0 Å². The molecule has 0 fully saturated rings. The van der Waals surface area contributed by atoms with Crippen LogP contribution in [-0.4, -0.2) is 26.5 Å². The highest BCUT2D eigenvalue weighted by atomic mass is 16.5. The van der Waals surface area contributed by atoms with Gasteiger partial charge in [0.2, 0.25) is 5.82 Å². The molecule has 0 saturated carbocycles. The lowest BCUT2D eigenvalue weighted by Crippen LogP contribution is -2.23. The molecule has 0 spiro atoms. The Bertz CT molecular complexity index is 1000. The van der Waals surface area contributed by atoms with Crippen molar-refractivity contribution in [1.82, 2.24) is 19.9 Å². The van der Waals surface area contributed by atoms with Gasteiger partial charge in [0.1, 0.15) is 0 Å². The molecule has 1 aliphatic rings. The zero-order valence-electron chi connectivity index (χ0n) is 17.5. The minimum Gasteiger partial charge on any atom is -0.332 e. The molecule has 0 atom stereocenters. The Labute approximate surface area is 166 Å². The van der Waals surface area contributed by atoms with Gasteiger partial charge in [-0.1, -0.05) is 19.0 Å². The predicted molar refractivity (Wildman–Crippen MR) is 110 cm³/mol. The Kier molecular flexibility index (Phi) is 4.62. The third-order valence-corrected chi connectivity index (χ3v) is 5.95. The second kappa shape index (κ2) is 6.85. The molecular weight excluding hydrogens is 350 g/mol. The number of hydrogen-bond acceptors (Lipinski definition) is 5. The van der Waals surface area contributed by atoms with Crippen LogP contribution in [0.5, 0.6) is 0 Å². The number of fused-ring (bicyclic) bond motifs is 1. The van der Waals surface area contributed by atoms with Crippen molar-refractivity contribution in [1.29, 1.82) is 0 Å². The van der Waals surface area contributed by atoms with Crippen molar-refractivity contribution in [3.8, 4) is 23.0 Å². The molecule has 6 heteroatoms. The van der Waals surface area contributed by atoms with Crippen molar-refractivity contribution in [3.05, 3.63) is 40.1 Å². The molecule has 3 aromatic rings. The first-order valence-electron chi connectivity index (χ1n) is 9.98. The van der Waals surface area contributed by atoms with Gasteiger partial charge in [0.15, 0.2) is 5.69 Å². The summed E-state index contributed by atoms with van der Waals surface area (Å²) < 4.78 is 7.61. The number of aryl methyl sites for hydroxylation is 3. The molecule has 0 amide bonds. The normalized spacial score (nSPS) is 15.6. The van der Waals surface area contributed by atoms with Crippen molar-refractivity contribution in [2.24, 2.45) is 18.2 Å². The van der Waals surface area contributed by atoms with E-state index in [2.05, 4.69) is 50.0 Å². The summed E-state index contributed by atoms with van der Waals surface area (Å²) in [5, 5.41) is 8.96. The Morgan fingerprint density at radius 1 is 1.21 bits per heavy atom. The highest BCUT2D eigenvalue weighted by Crippen LogP contribution is 2.38. The zero-order valence-corrected chi connectivity index (χ0v) is 17.5. The standard InChI is InChI=1S/C22H29N5O/c1-13-10-15(11-14(2)16(13)7-9-23)20-24-21(28-26-20)19-17-6-8-22(3,4)12-18(17)27(5)25-19/h10-11H,6-9,12,23H2,1-5H3. The molecule has 0 saturated heterocycles. The van der Waals surface area contributed by atoms with Crippen LogP contribution < -0.4 is 5.73 Å². The van der Waals surface area contributed by atoms with Crippen LogP contribution >= 0.6 is 0 Å². The molecule has 4 rings (SSSR count). The number of nitrogens with zero attached hydrogens (tertiary/aromatic N) is 4. The second-order valence-electron chi connectivity index (χ2n) is 8.79. The first-order chi connectivity index (χ1) is 13.3. The van der Waals surface area contributed by atoms with Crippen molar-refractivity contribution < 1.29 is 4.52 Å². The van der Waals surface area contributed by atoms with Crippen LogP contribution in [0.25, 0.3) is 23.0 Å². The highest BCUT2D eigenvalue weighted by Gasteiger charge is 2.32. The van der Waals surface area contributed by atoms with Crippen LogP contribution in [0.4, 0.5) is 0 Å². The summed E-state index contributed by atoms with van der Waals surface area (Å²) in [6, 6.07) is 4.23. The van der Waals surface area contributed by atoms with Gasteiger partial charge >= 0.3 is 0 Å². The first-order valence-corrected chi connectivity index (χ1v) is 9.98. The number of benzene rings is 1. The summed E-state index contributed by atoms with van der Waals surface area (Å²) in [7, 11) is 2.00. The van der Waals surface area contributed by atoms with E-state index in [9.17, 15) is 0 Å². The molecule has 0 radical (unpaired) electrons. The number of rotatable bonds is 4. The van der Waals surface area contributed by atoms with Crippen molar-refractivity contribution in [3.63, 3.8) is 0 Å².